The van der Waals surface area contributed by atoms with E-state index in [2.05, 4.69) is 20.5 Å². The van der Waals surface area contributed by atoms with Crippen LogP contribution in [0.2, 0.25) is 0 Å². The lowest BCUT2D eigenvalue weighted by atomic mass is 10.2. The fraction of sp³-hybridized carbons (Fsp3) is 0.200. The maximum atomic E-state index is 12.3. The van der Waals surface area contributed by atoms with E-state index in [0.29, 0.717) is 22.8 Å². The number of anilines is 1. The van der Waals surface area contributed by atoms with Crippen molar-refractivity contribution in [1.29, 1.82) is 0 Å². The number of carbonyl (C=O) groups excluding carboxylic acids is 1. The van der Waals surface area contributed by atoms with Crippen LogP contribution < -0.4 is 14.8 Å². The van der Waals surface area contributed by atoms with Crippen molar-refractivity contribution < 1.29 is 18.7 Å². The summed E-state index contributed by atoms with van der Waals surface area (Å²) in [6, 6.07) is 4.83. The number of amides is 1. The Labute approximate surface area is 141 Å². The summed E-state index contributed by atoms with van der Waals surface area (Å²) < 4.78 is 15.7. The van der Waals surface area contributed by atoms with E-state index < -0.39 is 5.91 Å². The third kappa shape index (κ3) is 3.35. The number of thiazole rings is 1. The van der Waals surface area contributed by atoms with Gasteiger partial charge in [0.2, 0.25) is 0 Å². The lowest BCUT2D eigenvalue weighted by Crippen LogP contribution is -2.12. The van der Waals surface area contributed by atoms with E-state index in [4.69, 9.17) is 13.9 Å². The molecule has 2 heterocycles. The van der Waals surface area contributed by atoms with Crippen molar-refractivity contribution in [2.24, 2.45) is 0 Å². The van der Waals surface area contributed by atoms with Gasteiger partial charge in [0, 0.05) is 17.0 Å². The van der Waals surface area contributed by atoms with Gasteiger partial charge in [-0.15, -0.1) is 16.4 Å². The van der Waals surface area contributed by atoms with Gasteiger partial charge in [0.25, 0.3) is 11.8 Å². The molecular weight excluding hydrogens is 332 g/mol. The van der Waals surface area contributed by atoms with Gasteiger partial charge in [-0.25, -0.2) is 4.98 Å². The van der Waals surface area contributed by atoms with Crippen LogP contribution in [0, 0.1) is 6.92 Å². The summed E-state index contributed by atoms with van der Waals surface area (Å²) in [5.41, 5.74) is 0.920. The van der Waals surface area contributed by atoms with E-state index >= 15 is 0 Å². The van der Waals surface area contributed by atoms with E-state index in [-0.39, 0.29) is 11.9 Å². The Morgan fingerprint density at radius 3 is 2.46 bits per heavy atom. The maximum Gasteiger partial charge on any atom is 0.322 e. The number of aryl methyl sites for hydroxylation is 1. The fourth-order valence-electron chi connectivity index (χ4n) is 1.95. The van der Waals surface area contributed by atoms with Gasteiger partial charge < -0.3 is 13.9 Å². The van der Waals surface area contributed by atoms with E-state index in [1.54, 1.807) is 23.6 Å². The number of nitrogens with one attached hydrogen (secondary N) is 1. The van der Waals surface area contributed by atoms with Gasteiger partial charge in [-0.1, -0.05) is 5.10 Å². The van der Waals surface area contributed by atoms with E-state index in [0.717, 1.165) is 5.01 Å². The molecule has 3 aromatic rings. The Hall–Kier alpha value is -2.94. The number of ether oxygens (including phenoxy) is 2. The Morgan fingerprint density at radius 1 is 1.17 bits per heavy atom. The average Bonchev–Trinajstić information content (AvgIpc) is 3.23. The minimum atomic E-state index is -0.420. The first kappa shape index (κ1) is 15.9. The lowest BCUT2D eigenvalue weighted by Gasteiger charge is -2.07. The summed E-state index contributed by atoms with van der Waals surface area (Å²) in [5.74, 6) is 0.835. The van der Waals surface area contributed by atoms with E-state index in [1.165, 1.54) is 25.6 Å². The molecule has 0 saturated carbocycles. The molecule has 0 spiro atoms. The highest BCUT2D eigenvalue weighted by atomic mass is 32.1. The molecule has 0 aliphatic carbocycles. The second-order valence-electron chi connectivity index (χ2n) is 4.72. The summed E-state index contributed by atoms with van der Waals surface area (Å²) in [7, 11) is 3.02. The number of hydrogen-bond acceptors (Lipinski definition) is 8. The van der Waals surface area contributed by atoms with Crippen LogP contribution in [0.1, 0.15) is 15.4 Å². The Morgan fingerprint density at radius 2 is 1.88 bits per heavy atom. The Bertz CT molecular complexity index is 852. The van der Waals surface area contributed by atoms with Crippen molar-refractivity contribution in [2.75, 3.05) is 19.5 Å². The van der Waals surface area contributed by atoms with Crippen LogP contribution in [-0.2, 0) is 0 Å². The molecule has 124 valence electrons. The topological polar surface area (TPSA) is 99.4 Å². The van der Waals surface area contributed by atoms with Crippen LogP contribution in [0.4, 0.5) is 6.01 Å². The highest BCUT2D eigenvalue weighted by Crippen LogP contribution is 2.24. The molecule has 0 atom stereocenters. The molecule has 0 radical (unpaired) electrons. The Kier molecular flexibility index (Phi) is 4.43. The predicted molar refractivity (Wildman–Crippen MR) is 87.6 cm³/mol. The van der Waals surface area contributed by atoms with Crippen molar-refractivity contribution in [3.8, 4) is 23.1 Å². The van der Waals surface area contributed by atoms with Gasteiger partial charge >= 0.3 is 6.01 Å². The van der Waals surface area contributed by atoms with Gasteiger partial charge in [0.1, 0.15) is 17.2 Å². The first-order valence-corrected chi connectivity index (χ1v) is 7.77. The molecule has 0 fully saturated rings. The third-order valence-corrected chi connectivity index (χ3v) is 3.87. The van der Waals surface area contributed by atoms with Crippen LogP contribution in [0.3, 0.4) is 0 Å². The predicted octanol–water partition coefficient (Wildman–Crippen LogP) is 2.77. The monoisotopic (exact) mass is 346 g/mol. The molecular formula is C15H14N4O4S. The molecule has 0 aliphatic heterocycles. The zero-order chi connectivity index (χ0) is 17.1. The second kappa shape index (κ2) is 6.67. The number of methoxy groups -OCH3 is 2. The Balaban J connectivity index is 1.79. The molecule has 0 saturated heterocycles. The minimum Gasteiger partial charge on any atom is -0.497 e. The first-order valence-electron chi connectivity index (χ1n) is 6.89. The molecule has 2 aromatic heterocycles. The van der Waals surface area contributed by atoms with E-state index in [1.807, 2.05) is 6.92 Å². The van der Waals surface area contributed by atoms with Crippen LogP contribution in [-0.4, -0.2) is 35.3 Å². The van der Waals surface area contributed by atoms with Gasteiger partial charge in [0.05, 0.1) is 19.2 Å². The van der Waals surface area contributed by atoms with Gasteiger partial charge in [0.15, 0.2) is 0 Å². The summed E-state index contributed by atoms with van der Waals surface area (Å²) in [6.07, 6.45) is 0. The van der Waals surface area contributed by atoms with Crippen molar-refractivity contribution in [2.45, 2.75) is 6.92 Å². The lowest BCUT2D eigenvalue weighted by molar-refractivity contribution is 0.102. The zero-order valence-electron chi connectivity index (χ0n) is 13.2. The van der Waals surface area contributed by atoms with Crippen molar-refractivity contribution >= 4 is 23.3 Å². The summed E-state index contributed by atoms with van der Waals surface area (Å²) in [5, 5.41) is 12.9. The molecule has 8 nitrogen and oxygen atoms in total. The molecule has 9 heteroatoms. The average molecular weight is 346 g/mol. The molecule has 1 amide bonds. The van der Waals surface area contributed by atoms with Crippen molar-refractivity contribution in [3.05, 3.63) is 34.2 Å². The number of hydrogen-bond donors (Lipinski definition) is 1. The van der Waals surface area contributed by atoms with Gasteiger partial charge in [-0.2, -0.15) is 0 Å². The normalized spacial score (nSPS) is 10.5. The van der Waals surface area contributed by atoms with Crippen molar-refractivity contribution in [1.82, 2.24) is 15.2 Å². The number of carbonyl (C=O) groups is 1. The smallest absolute Gasteiger partial charge is 0.322 e. The first-order chi connectivity index (χ1) is 11.6. The molecule has 1 N–H and O–H groups in total. The van der Waals surface area contributed by atoms with Crippen LogP contribution >= 0.6 is 11.3 Å². The highest BCUT2D eigenvalue weighted by Gasteiger charge is 2.15. The zero-order valence-corrected chi connectivity index (χ0v) is 14.0. The van der Waals surface area contributed by atoms with Crippen molar-refractivity contribution in [3.63, 3.8) is 0 Å². The highest BCUT2D eigenvalue weighted by molar-refractivity contribution is 7.09. The number of aromatic nitrogens is 3. The molecule has 3 rings (SSSR count). The molecule has 24 heavy (non-hydrogen) atoms. The third-order valence-electron chi connectivity index (χ3n) is 3.10. The standard InChI is InChI=1S/C15H14N4O4S/c1-8-16-12(7-24-8)14-18-19-15(23-14)17-13(20)9-4-10(21-2)6-11(5-9)22-3/h4-7H,1-3H3,(H,17,19,20). The molecule has 0 aliphatic rings. The quantitative estimate of drug-likeness (QED) is 0.758. The largest absolute Gasteiger partial charge is 0.497 e. The van der Waals surface area contributed by atoms with E-state index in [9.17, 15) is 4.79 Å². The fourth-order valence-corrected chi connectivity index (χ4v) is 2.53. The summed E-state index contributed by atoms with van der Waals surface area (Å²) in [4.78, 5) is 16.6. The summed E-state index contributed by atoms with van der Waals surface area (Å²) in [6.45, 7) is 1.88. The van der Waals surface area contributed by atoms with Gasteiger partial charge in [-0.05, 0) is 19.1 Å². The minimum absolute atomic E-state index is 0.0116. The number of rotatable bonds is 5. The van der Waals surface area contributed by atoms with Gasteiger partial charge in [-0.3, -0.25) is 10.1 Å². The number of benzene rings is 1. The maximum absolute atomic E-state index is 12.3. The molecule has 0 bridgehead atoms. The molecule has 0 unspecified atom stereocenters. The second-order valence-corrected chi connectivity index (χ2v) is 5.78. The number of nitrogens with zero attached hydrogens (tertiary/aromatic N) is 3. The van der Waals surface area contributed by atoms with Crippen LogP contribution in [0.15, 0.2) is 28.0 Å². The SMILES string of the molecule is COc1cc(OC)cc(C(=O)Nc2nnc(-c3csc(C)n3)o2)c1. The molecule has 1 aromatic carbocycles. The summed E-state index contributed by atoms with van der Waals surface area (Å²) >= 11 is 1.47. The van der Waals surface area contributed by atoms with Crippen LogP contribution in [0.5, 0.6) is 11.5 Å². The van der Waals surface area contributed by atoms with Crippen LogP contribution in [0.25, 0.3) is 11.6 Å².